The Balaban J connectivity index is 1.81. The zero-order valence-electron chi connectivity index (χ0n) is 13.8. The van der Waals surface area contributed by atoms with E-state index in [0.29, 0.717) is 6.04 Å². The van der Waals surface area contributed by atoms with E-state index in [-0.39, 0.29) is 18.0 Å². The molecule has 1 aliphatic rings. The second-order valence-corrected chi connectivity index (χ2v) is 6.74. The number of halogens is 1. The summed E-state index contributed by atoms with van der Waals surface area (Å²) in [5.41, 5.74) is 2.13. The molecule has 2 aromatic carbocycles. The number of amides is 1. The Morgan fingerprint density at radius 3 is 2.33 bits per heavy atom. The van der Waals surface area contributed by atoms with Crippen LogP contribution in [0, 0.1) is 0 Å². The van der Waals surface area contributed by atoms with E-state index >= 15 is 0 Å². The molecule has 0 heterocycles. The second kappa shape index (κ2) is 7.82. The summed E-state index contributed by atoms with van der Waals surface area (Å²) >= 11 is 5.99. The topological polar surface area (TPSA) is 41.1 Å². The van der Waals surface area contributed by atoms with E-state index in [1.54, 1.807) is 0 Å². The fraction of sp³-hybridized carbons (Fsp3) is 0.350. The summed E-state index contributed by atoms with van der Waals surface area (Å²) < 4.78 is 0. The molecule has 2 atom stereocenters. The summed E-state index contributed by atoms with van der Waals surface area (Å²) in [5.74, 6) is 0.0520. The minimum atomic E-state index is -0.354. The quantitative estimate of drug-likeness (QED) is 0.783. The van der Waals surface area contributed by atoms with Gasteiger partial charge in [-0.15, -0.1) is 0 Å². The van der Waals surface area contributed by atoms with Gasteiger partial charge in [-0.2, -0.15) is 0 Å². The van der Waals surface area contributed by atoms with Crippen LogP contribution >= 0.6 is 11.6 Å². The number of benzene rings is 2. The Labute approximate surface area is 148 Å². The third-order valence-corrected chi connectivity index (χ3v) is 4.62. The first kappa shape index (κ1) is 17.0. The van der Waals surface area contributed by atoms with Crippen LogP contribution in [0.2, 0.25) is 5.02 Å². The van der Waals surface area contributed by atoms with Crippen LogP contribution in [0.5, 0.6) is 0 Å². The van der Waals surface area contributed by atoms with Gasteiger partial charge in [0.2, 0.25) is 5.91 Å². The highest BCUT2D eigenvalue weighted by atomic mass is 35.5. The van der Waals surface area contributed by atoms with Crippen molar-refractivity contribution < 1.29 is 4.79 Å². The SMILES string of the molecule is CC[C@H](N[C@@H](C(=O)NC1CC1)c1ccccc1)c1ccc(Cl)cc1. The molecule has 3 nitrogen and oxygen atoms in total. The van der Waals surface area contributed by atoms with Gasteiger partial charge in [-0.05, 0) is 42.5 Å². The minimum absolute atomic E-state index is 0.0520. The predicted molar refractivity (Wildman–Crippen MR) is 98.0 cm³/mol. The molecule has 0 bridgehead atoms. The molecule has 0 aromatic heterocycles. The third-order valence-electron chi connectivity index (χ3n) is 4.37. The van der Waals surface area contributed by atoms with Gasteiger partial charge in [0, 0.05) is 17.1 Å². The van der Waals surface area contributed by atoms with Gasteiger partial charge in [-0.25, -0.2) is 0 Å². The van der Waals surface area contributed by atoms with Crippen LogP contribution in [0.1, 0.15) is 49.4 Å². The zero-order valence-corrected chi connectivity index (χ0v) is 14.6. The summed E-state index contributed by atoms with van der Waals surface area (Å²) in [6, 6.07) is 17.8. The lowest BCUT2D eigenvalue weighted by atomic mass is 10.00. The molecule has 126 valence electrons. The Bertz CT molecular complexity index is 668. The fourth-order valence-corrected chi connectivity index (χ4v) is 2.95. The predicted octanol–water partition coefficient (Wildman–Crippen LogP) is 4.40. The standard InChI is InChI=1S/C20H23ClN2O/c1-2-18(14-8-10-16(21)11-9-14)23-19(15-6-4-3-5-7-15)20(24)22-17-12-13-17/h3-11,17-19,23H,2,12-13H2,1H3,(H,22,24)/t18-,19+/m0/s1. The smallest absolute Gasteiger partial charge is 0.241 e. The van der Waals surface area contributed by atoms with Crippen molar-refractivity contribution >= 4 is 17.5 Å². The van der Waals surface area contributed by atoms with Crippen molar-refractivity contribution in [2.24, 2.45) is 0 Å². The number of hydrogen-bond donors (Lipinski definition) is 2. The molecule has 0 saturated heterocycles. The van der Waals surface area contributed by atoms with Crippen LogP contribution in [-0.2, 0) is 4.79 Å². The number of carbonyl (C=O) groups is 1. The molecule has 1 amide bonds. The van der Waals surface area contributed by atoms with Gasteiger partial charge < -0.3 is 5.32 Å². The maximum Gasteiger partial charge on any atom is 0.241 e. The molecule has 24 heavy (non-hydrogen) atoms. The molecule has 1 fully saturated rings. The number of rotatable bonds is 7. The lowest BCUT2D eigenvalue weighted by Gasteiger charge is -2.25. The Morgan fingerprint density at radius 1 is 1.08 bits per heavy atom. The van der Waals surface area contributed by atoms with E-state index in [0.717, 1.165) is 35.4 Å². The highest BCUT2D eigenvalue weighted by Gasteiger charge is 2.29. The average Bonchev–Trinajstić information content (AvgIpc) is 3.41. The van der Waals surface area contributed by atoms with E-state index in [4.69, 9.17) is 11.6 Å². The monoisotopic (exact) mass is 342 g/mol. The van der Waals surface area contributed by atoms with E-state index in [1.807, 2.05) is 54.6 Å². The Hall–Kier alpha value is -1.84. The normalized spacial score (nSPS) is 16.4. The second-order valence-electron chi connectivity index (χ2n) is 6.31. The van der Waals surface area contributed by atoms with Crippen molar-refractivity contribution in [2.45, 2.75) is 44.3 Å². The first-order valence-corrected chi connectivity index (χ1v) is 8.92. The van der Waals surface area contributed by atoms with Crippen molar-refractivity contribution in [3.8, 4) is 0 Å². The number of hydrogen-bond acceptors (Lipinski definition) is 2. The molecule has 2 N–H and O–H groups in total. The average molecular weight is 343 g/mol. The summed E-state index contributed by atoms with van der Waals surface area (Å²) in [5, 5.41) is 7.38. The zero-order chi connectivity index (χ0) is 16.9. The van der Waals surface area contributed by atoms with Crippen molar-refractivity contribution in [2.75, 3.05) is 0 Å². The molecule has 0 radical (unpaired) electrons. The minimum Gasteiger partial charge on any atom is -0.352 e. The highest BCUT2D eigenvalue weighted by Crippen LogP contribution is 2.25. The van der Waals surface area contributed by atoms with Gasteiger partial charge in [-0.3, -0.25) is 10.1 Å². The van der Waals surface area contributed by atoms with Crippen molar-refractivity contribution in [3.63, 3.8) is 0 Å². The molecule has 3 rings (SSSR count). The largest absolute Gasteiger partial charge is 0.352 e. The van der Waals surface area contributed by atoms with Crippen LogP contribution in [0.4, 0.5) is 0 Å². The van der Waals surface area contributed by atoms with Crippen LogP contribution in [0.25, 0.3) is 0 Å². The lowest BCUT2D eigenvalue weighted by molar-refractivity contribution is -0.123. The first-order valence-electron chi connectivity index (χ1n) is 8.54. The van der Waals surface area contributed by atoms with Crippen LogP contribution in [-0.4, -0.2) is 11.9 Å². The summed E-state index contributed by atoms with van der Waals surface area (Å²) in [6.45, 7) is 2.12. The first-order chi connectivity index (χ1) is 11.7. The number of nitrogens with one attached hydrogen (secondary N) is 2. The Kier molecular flexibility index (Phi) is 5.54. The maximum absolute atomic E-state index is 12.7. The third kappa shape index (κ3) is 4.37. The van der Waals surface area contributed by atoms with Crippen LogP contribution < -0.4 is 10.6 Å². The van der Waals surface area contributed by atoms with Crippen molar-refractivity contribution in [1.29, 1.82) is 0 Å². The number of carbonyl (C=O) groups excluding carboxylic acids is 1. The van der Waals surface area contributed by atoms with Crippen molar-refractivity contribution in [3.05, 3.63) is 70.7 Å². The van der Waals surface area contributed by atoms with Gasteiger partial charge in [0.15, 0.2) is 0 Å². The molecule has 0 spiro atoms. The van der Waals surface area contributed by atoms with Gasteiger partial charge in [0.05, 0.1) is 0 Å². The molecule has 0 unspecified atom stereocenters. The van der Waals surface area contributed by atoms with Gasteiger partial charge in [0.1, 0.15) is 6.04 Å². The fourth-order valence-electron chi connectivity index (χ4n) is 2.83. The van der Waals surface area contributed by atoms with E-state index in [2.05, 4.69) is 17.6 Å². The lowest BCUT2D eigenvalue weighted by Crippen LogP contribution is -2.40. The summed E-state index contributed by atoms with van der Waals surface area (Å²) in [7, 11) is 0. The Morgan fingerprint density at radius 2 is 1.75 bits per heavy atom. The maximum atomic E-state index is 12.7. The summed E-state index contributed by atoms with van der Waals surface area (Å²) in [4.78, 5) is 12.7. The molecule has 4 heteroatoms. The van der Waals surface area contributed by atoms with Crippen molar-refractivity contribution in [1.82, 2.24) is 10.6 Å². The summed E-state index contributed by atoms with van der Waals surface area (Å²) in [6.07, 6.45) is 3.06. The van der Waals surface area contributed by atoms with Crippen LogP contribution in [0.15, 0.2) is 54.6 Å². The highest BCUT2D eigenvalue weighted by molar-refractivity contribution is 6.30. The molecule has 1 saturated carbocycles. The van der Waals surface area contributed by atoms with Gasteiger partial charge in [-0.1, -0.05) is 61.0 Å². The molecule has 2 aromatic rings. The van der Waals surface area contributed by atoms with E-state index in [1.165, 1.54) is 0 Å². The van der Waals surface area contributed by atoms with Gasteiger partial charge >= 0.3 is 0 Å². The molecule has 0 aliphatic heterocycles. The molecular formula is C20H23ClN2O. The van der Waals surface area contributed by atoms with E-state index in [9.17, 15) is 4.79 Å². The molecule has 1 aliphatic carbocycles. The van der Waals surface area contributed by atoms with Crippen LogP contribution in [0.3, 0.4) is 0 Å². The molecular weight excluding hydrogens is 320 g/mol. The van der Waals surface area contributed by atoms with Gasteiger partial charge in [0.25, 0.3) is 0 Å². The van der Waals surface area contributed by atoms with E-state index < -0.39 is 0 Å².